The van der Waals surface area contributed by atoms with Gasteiger partial charge in [-0.15, -0.1) is 0 Å². The molecular weight excluding hydrogens is 212 g/mol. The first-order chi connectivity index (χ1) is 7.40. The largest absolute Gasteiger partial charge is 0.462 e. The van der Waals surface area contributed by atoms with Gasteiger partial charge in [0.15, 0.2) is 0 Å². The van der Waals surface area contributed by atoms with E-state index in [1.165, 1.54) is 0 Å². The number of rotatable bonds is 3. The van der Waals surface area contributed by atoms with E-state index < -0.39 is 0 Å². The predicted octanol–water partition coefficient (Wildman–Crippen LogP) is 0.299. The van der Waals surface area contributed by atoms with E-state index >= 15 is 0 Å². The van der Waals surface area contributed by atoms with Crippen LogP contribution in [0.2, 0.25) is 0 Å². The van der Waals surface area contributed by atoms with Crippen LogP contribution in [0.4, 0.5) is 0 Å². The van der Waals surface area contributed by atoms with Gasteiger partial charge in [0.1, 0.15) is 17.0 Å². The molecule has 0 amide bonds. The monoisotopic (exact) mass is 230 g/mol. The summed E-state index contributed by atoms with van der Waals surface area (Å²) < 4.78 is 8.95. The fourth-order valence-electron chi connectivity index (χ4n) is 0.651. The van der Waals surface area contributed by atoms with Gasteiger partial charge in [-0.05, 0) is 27.7 Å². The maximum atomic E-state index is 9.60. The zero-order chi connectivity index (χ0) is 12.6. The number of aromatic nitrogens is 2. The average molecular weight is 230 g/mol. The second-order valence-corrected chi connectivity index (χ2v) is 4.00. The number of hydrogen-bond acceptors (Lipinski definition) is 7. The molecule has 16 heavy (non-hydrogen) atoms. The van der Waals surface area contributed by atoms with Crippen LogP contribution in [0.5, 0.6) is 0 Å². The molecule has 92 valence electrons. The first-order valence-electron chi connectivity index (χ1n) is 4.73. The minimum absolute atomic E-state index is 0.318. The number of aryl methyl sites for hydroxylation is 1. The van der Waals surface area contributed by atoms with Gasteiger partial charge in [0.2, 0.25) is 0 Å². The number of nitrogens with two attached hydrogens (primary N) is 1. The zero-order valence-electron chi connectivity index (χ0n) is 9.98. The van der Waals surface area contributed by atoms with Gasteiger partial charge in [-0.2, -0.15) is 0 Å². The Labute approximate surface area is 94.3 Å². The van der Waals surface area contributed by atoms with E-state index in [1.54, 1.807) is 0 Å². The van der Waals surface area contributed by atoms with Crippen LogP contribution in [0.15, 0.2) is 4.63 Å². The van der Waals surface area contributed by atoms with Crippen molar-refractivity contribution in [2.75, 3.05) is 0 Å². The van der Waals surface area contributed by atoms with E-state index in [4.69, 9.17) is 5.84 Å². The molecule has 1 aromatic rings. The molecule has 1 heterocycles. The fourth-order valence-corrected chi connectivity index (χ4v) is 0.651. The average Bonchev–Trinajstić information content (AvgIpc) is 2.52. The third-order valence-electron chi connectivity index (χ3n) is 1.42. The Balaban J connectivity index is 0.000000293. The van der Waals surface area contributed by atoms with Gasteiger partial charge in [0.25, 0.3) is 6.47 Å². The second kappa shape index (κ2) is 6.91. The van der Waals surface area contributed by atoms with E-state index in [-0.39, 0.29) is 5.60 Å². The van der Waals surface area contributed by atoms with Gasteiger partial charge in [-0.1, -0.05) is 10.3 Å². The van der Waals surface area contributed by atoms with Crippen molar-refractivity contribution in [2.24, 2.45) is 5.84 Å². The lowest BCUT2D eigenvalue weighted by Crippen LogP contribution is -2.21. The SMILES string of the molecule is CC(C)(C)OC=O.Cc1nonc1CNN. The van der Waals surface area contributed by atoms with Gasteiger partial charge in [-0.25, -0.2) is 4.63 Å². The molecule has 0 aliphatic carbocycles. The number of carbonyl (C=O) groups is 1. The molecular formula is C9H18N4O3. The Morgan fingerprint density at radius 3 is 2.38 bits per heavy atom. The standard InChI is InChI=1S/C5H10O2.C4H8N4O/c1-5(2,3)7-4-6;1-3-4(2-6-5)8-9-7-3/h4H,1-3H3;6H,2,5H2,1H3. The second-order valence-electron chi connectivity index (χ2n) is 4.00. The van der Waals surface area contributed by atoms with Gasteiger partial charge in [0.05, 0.1) is 6.54 Å². The van der Waals surface area contributed by atoms with E-state index in [0.717, 1.165) is 11.4 Å². The van der Waals surface area contributed by atoms with Crippen LogP contribution in [0.25, 0.3) is 0 Å². The summed E-state index contributed by atoms with van der Waals surface area (Å²) in [5.41, 5.74) is 3.65. The summed E-state index contributed by atoms with van der Waals surface area (Å²) in [4.78, 5) is 9.60. The molecule has 7 nitrogen and oxygen atoms in total. The summed E-state index contributed by atoms with van der Waals surface area (Å²) in [5, 5.41) is 7.13. The number of hydrazine groups is 1. The Hall–Kier alpha value is -1.47. The maximum absolute atomic E-state index is 9.60. The molecule has 0 fully saturated rings. The van der Waals surface area contributed by atoms with Crippen LogP contribution in [-0.4, -0.2) is 22.4 Å². The smallest absolute Gasteiger partial charge is 0.293 e. The maximum Gasteiger partial charge on any atom is 0.293 e. The summed E-state index contributed by atoms with van der Waals surface area (Å²) in [5.74, 6) is 5.03. The zero-order valence-corrected chi connectivity index (χ0v) is 9.98. The molecule has 0 aliphatic rings. The molecule has 3 N–H and O–H groups in total. The molecule has 0 saturated carbocycles. The highest BCUT2D eigenvalue weighted by molar-refractivity contribution is 5.37. The molecule has 1 rings (SSSR count). The van der Waals surface area contributed by atoms with Crippen molar-refractivity contribution >= 4 is 6.47 Å². The van der Waals surface area contributed by atoms with E-state index in [0.29, 0.717) is 13.0 Å². The Morgan fingerprint density at radius 1 is 1.50 bits per heavy atom. The minimum Gasteiger partial charge on any atom is -0.462 e. The third-order valence-corrected chi connectivity index (χ3v) is 1.42. The number of nitrogens with zero attached hydrogens (tertiary/aromatic N) is 2. The van der Waals surface area contributed by atoms with Gasteiger partial charge in [-0.3, -0.25) is 16.1 Å². The molecule has 1 aromatic heterocycles. The van der Waals surface area contributed by atoms with Crippen LogP contribution >= 0.6 is 0 Å². The van der Waals surface area contributed by atoms with Crippen LogP contribution in [0.3, 0.4) is 0 Å². The Morgan fingerprint density at radius 2 is 2.12 bits per heavy atom. The Kier molecular flexibility index (Phi) is 6.28. The van der Waals surface area contributed by atoms with Crippen molar-refractivity contribution in [1.29, 1.82) is 0 Å². The van der Waals surface area contributed by atoms with Crippen LogP contribution in [0.1, 0.15) is 32.2 Å². The highest BCUT2D eigenvalue weighted by Crippen LogP contribution is 2.02. The van der Waals surface area contributed by atoms with Gasteiger partial charge >= 0.3 is 0 Å². The van der Waals surface area contributed by atoms with Crippen molar-refractivity contribution < 1.29 is 14.2 Å². The summed E-state index contributed by atoms with van der Waals surface area (Å²) in [6.07, 6.45) is 0. The predicted molar refractivity (Wildman–Crippen MR) is 57.0 cm³/mol. The first-order valence-corrected chi connectivity index (χ1v) is 4.73. The topological polar surface area (TPSA) is 103 Å². The highest BCUT2D eigenvalue weighted by Gasteiger charge is 2.07. The molecule has 7 heteroatoms. The third kappa shape index (κ3) is 6.91. The van der Waals surface area contributed by atoms with Crippen molar-refractivity contribution in [3.8, 4) is 0 Å². The van der Waals surface area contributed by atoms with Crippen LogP contribution in [0, 0.1) is 6.92 Å². The number of hydrogen-bond donors (Lipinski definition) is 2. The van der Waals surface area contributed by atoms with Crippen molar-refractivity contribution in [2.45, 2.75) is 39.8 Å². The van der Waals surface area contributed by atoms with Gasteiger partial charge in [0, 0.05) is 0 Å². The Bertz CT molecular complexity index is 306. The summed E-state index contributed by atoms with van der Waals surface area (Å²) in [7, 11) is 0. The molecule has 0 radical (unpaired) electrons. The fraction of sp³-hybridized carbons (Fsp3) is 0.667. The van der Waals surface area contributed by atoms with E-state index in [1.807, 2.05) is 27.7 Å². The summed E-state index contributed by atoms with van der Waals surface area (Å²) in [6, 6.07) is 0. The van der Waals surface area contributed by atoms with Crippen molar-refractivity contribution in [3.05, 3.63) is 11.4 Å². The molecule has 0 aliphatic heterocycles. The summed E-state index contributed by atoms with van der Waals surface area (Å²) >= 11 is 0. The number of nitrogens with one attached hydrogen (secondary N) is 1. The van der Waals surface area contributed by atoms with Crippen molar-refractivity contribution in [3.63, 3.8) is 0 Å². The molecule has 0 aromatic carbocycles. The molecule has 0 unspecified atom stereocenters. The molecule has 0 atom stereocenters. The lowest BCUT2D eigenvalue weighted by atomic mass is 10.2. The number of carbonyl (C=O) groups excluding carboxylic acids is 1. The van der Waals surface area contributed by atoms with Crippen molar-refractivity contribution in [1.82, 2.24) is 15.7 Å². The molecule has 0 spiro atoms. The normalized spacial score (nSPS) is 10.3. The van der Waals surface area contributed by atoms with E-state index in [9.17, 15) is 4.79 Å². The van der Waals surface area contributed by atoms with Crippen LogP contribution < -0.4 is 11.3 Å². The number of ether oxygens (including phenoxy) is 1. The quantitative estimate of drug-likeness (QED) is 0.437. The summed E-state index contributed by atoms with van der Waals surface area (Å²) in [6.45, 7) is 8.22. The van der Waals surface area contributed by atoms with E-state index in [2.05, 4.69) is 25.1 Å². The first kappa shape index (κ1) is 14.5. The van der Waals surface area contributed by atoms with Gasteiger partial charge < -0.3 is 4.74 Å². The highest BCUT2D eigenvalue weighted by atomic mass is 16.6. The minimum atomic E-state index is -0.318. The molecule has 0 bridgehead atoms. The van der Waals surface area contributed by atoms with Crippen LogP contribution in [-0.2, 0) is 16.1 Å². The lowest BCUT2D eigenvalue weighted by molar-refractivity contribution is -0.138. The molecule has 0 saturated heterocycles. The lowest BCUT2D eigenvalue weighted by Gasteiger charge is -2.14.